The molecule has 0 saturated heterocycles. The minimum Gasteiger partial charge on any atom is -0.294 e. The van der Waals surface area contributed by atoms with Crippen molar-refractivity contribution in [2.45, 2.75) is 0 Å². The van der Waals surface area contributed by atoms with Crippen LogP contribution in [0.5, 0.6) is 0 Å². The Hall–Kier alpha value is -1.42. The summed E-state index contributed by atoms with van der Waals surface area (Å²) in [5.74, 6) is 0.257. The molecule has 0 unspecified atom stereocenters. The first-order valence-corrected chi connectivity index (χ1v) is 3.65. The molecule has 0 N–H and O–H groups in total. The van der Waals surface area contributed by atoms with Crippen molar-refractivity contribution in [3.63, 3.8) is 0 Å². The summed E-state index contributed by atoms with van der Waals surface area (Å²) < 4.78 is 1.54. The number of carbonyl (C=O) groups is 1. The Morgan fingerprint density at radius 3 is 3.08 bits per heavy atom. The van der Waals surface area contributed by atoms with Crippen molar-refractivity contribution in [2.75, 3.05) is 0 Å². The lowest BCUT2D eigenvalue weighted by Crippen LogP contribution is -1.90. The SMILES string of the molecule is O=Cc1nnc2c(Cl)cccn12. The third kappa shape index (κ3) is 0.887. The summed E-state index contributed by atoms with van der Waals surface area (Å²) in [5.41, 5.74) is 0.501. The molecule has 0 amide bonds. The van der Waals surface area contributed by atoms with Crippen molar-refractivity contribution in [1.29, 1.82) is 0 Å². The van der Waals surface area contributed by atoms with Crippen LogP contribution in [0.15, 0.2) is 18.3 Å². The van der Waals surface area contributed by atoms with Crippen LogP contribution in [0.4, 0.5) is 0 Å². The molecule has 2 aromatic rings. The monoisotopic (exact) mass is 181 g/mol. The number of halogens is 1. The summed E-state index contributed by atoms with van der Waals surface area (Å²) in [6.45, 7) is 0. The minimum absolute atomic E-state index is 0.257. The van der Waals surface area contributed by atoms with Gasteiger partial charge in [-0.1, -0.05) is 11.6 Å². The molecule has 5 heteroatoms. The van der Waals surface area contributed by atoms with Crippen LogP contribution in [0.3, 0.4) is 0 Å². The normalized spacial score (nSPS) is 10.4. The summed E-state index contributed by atoms with van der Waals surface area (Å²) in [6, 6.07) is 3.42. The standard InChI is InChI=1S/C7H4ClN3O/c8-5-2-1-3-11-6(4-12)9-10-7(5)11/h1-4H. The average Bonchev–Trinajstić information content (AvgIpc) is 2.49. The number of nitrogens with zero attached hydrogens (tertiary/aromatic N) is 3. The van der Waals surface area contributed by atoms with E-state index in [1.807, 2.05) is 0 Å². The summed E-state index contributed by atoms with van der Waals surface area (Å²) in [7, 11) is 0. The van der Waals surface area contributed by atoms with E-state index in [-0.39, 0.29) is 5.82 Å². The fraction of sp³-hybridized carbons (Fsp3) is 0. The van der Waals surface area contributed by atoms with Gasteiger partial charge >= 0.3 is 0 Å². The van der Waals surface area contributed by atoms with Gasteiger partial charge in [-0.15, -0.1) is 10.2 Å². The van der Waals surface area contributed by atoms with Gasteiger partial charge in [0.15, 0.2) is 11.9 Å². The molecular formula is C7H4ClN3O. The maximum atomic E-state index is 10.4. The maximum Gasteiger partial charge on any atom is 0.201 e. The fourth-order valence-electron chi connectivity index (χ4n) is 0.982. The molecule has 4 nitrogen and oxygen atoms in total. The quantitative estimate of drug-likeness (QED) is 0.621. The van der Waals surface area contributed by atoms with Gasteiger partial charge in [0.2, 0.25) is 5.82 Å². The predicted octanol–water partition coefficient (Wildman–Crippen LogP) is 1.20. The zero-order valence-corrected chi connectivity index (χ0v) is 6.69. The van der Waals surface area contributed by atoms with Crippen LogP contribution in [-0.2, 0) is 0 Å². The van der Waals surface area contributed by atoms with Crippen molar-refractivity contribution < 1.29 is 4.79 Å². The Morgan fingerprint density at radius 2 is 2.33 bits per heavy atom. The number of hydrogen-bond acceptors (Lipinski definition) is 3. The van der Waals surface area contributed by atoms with Crippen molar-refractivity contribution in [2.24, 2.45) is 0 Å². The maximum absolute atomic E-state index is 10.4. The Kier molecular flexibility index (Phi) is 1.55. The molecule has 0 aliphatic carbocycles. The van der Waals surface area contributed by atoms with Gasteiger partial charge in [-0.2, -0.15) is 0 Å². The van der Waals surface area contributed by atoms with Gasteiger partial charge in [0.1, 0.15) is 0 Å². The zero-order chi connectivity index (χ0) is 8.55. The van der Waals surface area contributed by atoms with Gasteiger partial charge in [-0.25, -0.2) is 0 Å². The van der Waals surface area contributed by atoms with Gasteiger partial charge < -0.3 is 0 Å². The van der Waals surface area contributed by atoms with E-state index >= 15 is 0 Å². The molecule has 2 rings (SSSR count). The van der Waals surface area contributed by atoms with E-state index in [4.69, 9.17) is 11.6 Å². The smallest absolute Gasteiger partial charge is 0.201 e. The summed E-state index contributed by atoms with van der Waals surface area (Å²) >= 11 is 5.79. The molecule has 0 saturated carbocycles. The number of fused-ring (bicyclic) bond motifs is 1. The van der Waals surface area contributed by atoms with Crippen LogP contribution in [0, 0.1) is 0 Å². The molecule has 0 aromatic carbocycles. The molecule has 0 aliphatic heterocycles. The number of aromatic nitrogens is 3. The highest BCUT2D eigenvalue weighted by atomic mass is 35.5. The highest BCUT2D eigenvalue weighted by molar-refractivity contribution is 6.33. The van der Waals surface area contributed by atoms with E-state index in [1.54, 1.807) is 18.3 Å². The highest BCUT2D eigenvalue weighted by Gasteiger charge is 2.05. The molecule has 60 valence electrons. The lowest BCUT2D eigenvalue weighted by Gasteiger charge is -1.92. The third-order valence-corrected chi connectivity index (χ3v) is 1.81. The number of carbonyl (C=O) groups excluding carboxylic acids is 1. The molecule has 0 radical (unpaired) electrons. The van der Waals surface area contributed by atoms with Crippen molar-refractivity contribution >= 4 is 23.5 Å². The molecule has 0 bridgehead atoms. The third-order valence-electron chi connectivity index (χ3n) is 1.52. The average molecular weight is 182 g/mol. The zero-order valence-electron chi connectivity index (χ0n) is 5.94. The van der Waals surface area contributed by atoms with Gasteiger partial charge in [0.05, 0.1) is 5.02 Å². The molecule has 0 spiro atoms. The van der Waals surface area contributed by atoms with E-state index in [2.05, 4.69) is 10.2 Å². The van der Waals surface area contributed by atoms with E-state index < -0.39 is 0 Å². The summed E-state index contributed by atoms with van der Waals surface area (Å²) in [4.78, 5) is 10.4. The number of rotatable bonds is 1. The van der Waals surface area contributed by atoms with Crippen LogP contribution >= 0.6 is 11.6 Å². The molecule has 0 fully saturated rings. The first kappa shape index (κ1) is 7.24. The first-order chi connectivity index (χ1) is 5.83. The molecule has 0 aliphatic rings. The second-order valence-electron chi connectivity index (χ2n) is 2.23. The Bertz CT molecular complexity index is 437. The minimum atomic E-state index is 0.257. The van der Waals surface area contributed by atoms with Gasteiger partial charge in [-0.05, 0) is 12.1 Å². The lowest BCUT2D eigenvalue weighted by atomic mass is 10.5. The molecule has 0 atom stereocenters. The van der Waals surface area contributed by atoms with Crippen molar-refractivity contribution in [3.8, 4) is 0 Å². The second-order valence-corrected chi connectivity index (χ2v) is 2.63. The van der Waals surface area contributed by atoms with Crippen LogP contribution in [0.1, 0.15) is 10.6 Å². The van der Waals surface area contributed by atoms with Crippen molar-refractivity contribution in [3.05, 3.63) is 29.2 Å². The van der Waals surface area contributed by atoms with E-state index in [9.17, 15) is 4.79 Å². The predicted molar refractivity (Wildman–Crippen MR) is 43.4 cm³/mol. The van der Waals surface area contributed by atoms with Crippen LogP contribution in [-0.4, -0.2) is 20.9 Å². The Balaban J connectivity index is 2.88. The lowest BCUT2D eigenvalue weighted by molar-refractivity contribution is 0.111. The molecule has 2 aromatic heterocycles. The van der Waals surface area contributed by atoms with Crippen LogP contribution < -0.4 is 0 Å². The largest absolute Gasteiger partial charge is 0.294 e. The van der Waals surface area contributed by atoms with Crippen LogP contribution in [0.25, 0.3) is 5.65 Å². The van der Waals surface area contributed by atoms with E-state index in [1.165, 1.54) is 4.40 Å². The summed E-state index contributed by atoms with van der Waals surface area (Å²) in [5, 5.41) is 7.86. The number of pyridine rings is 1. The van der Waals surface area contributed by atoms with E-state index in [0.29, 0.717) is 17.0 Å². The van der Waals surface area contributed by atoms with E-state index in [0.717, 1.165) is 0 Å². The van der Waals surface area contributed by atoms with Gasteiger partial charge in [-0.3, -0.25) is 9.20 Å². The first-order valence-electron chi connectivity index (χ1n) is 3.27. The van der Waals surface area contributed by atoms with Gasteiger partial charge in [0, 0.05) is 6.20 Å². The van der Waals surface area contributed by atoms with Crippen molar-refractivity contribution in [1.82, 2.24) is 14.6 Å². The van der Waals surface area contributed by atoms with Gasteiger partial charge in [0.25, 0.3) is 0 Å². The molecule has 12 heavy (non-hydrogen) atoms. The molecular weight excluding hydrogens is 178 g/mol. The highest BCUT2D eigenvalue weighted by Crippen LogP contribution is 2.14. The number of hydrogen-bond donors (Lipinski definition) is 0. The Labute approximate surface area is 72.8 Å². The van der Waals surface area contributed by atoms with Crippen LogP contribution in [0.2, 0.25) is 5.02 Å². The topological polar surface area (TPSA) is 47.3 Å². The summed E-state index contributed by atoms with van der Waals surface area (Å²) in [6.07, 6.45) is 2.32. The fourth-order valence-corrected chi connectivity index (χ4v) is 1.18. The second kappa shape index (κ2) is 2.57. The molecule has 2 heterocycles. The number of aldehydes is 1. The Morgan fingerprint density at radius 1 is 1.50 bits per heavy atom.